The minimum absolute atomic E-state index is 0.331. The number of imide groups is 1. The van der Waals surface area contributed by atoms with E-state index >= 15 is 0 Å². The molecule has 0 fully saturated rings. The first-order valence-electron chi connectivity index (χ1n) is 6.36. The summed E-state index contributed by atoms with van der Waals surface area (Å²) in [5.41, 5.74) is 7.11. The summed E-state index contributed by atoms with van der Waals surface area (Å²) in [4.78, 5) is 30.1. The number of aromatic nitrogens is 1. The topological polar surface area (TPSA) is 76.3 Å². The Labute approximate surface area is 116 Å². The van der Waals surface area contributed by atoms with Crippen LogP contribution in [0.15, 0.2) is 42.5 Å². The molecule has 2 aromatic rings. The largest absolute Gasteiger partial charge is 0.330 e. The number of hydrogen-bond donors (Lipinski definition) is 1. The number of carbonyl (C=O) groups excluding carboxylic acids is 2. The van der Waals surface area contributed by atoms with E-state index in [4.69, 9.17) is 5.73 Å². The molecule has 1 aliphatic heterocycles. The molecule has 5 nitrogen and oxygen atoms in total. The zero-order chi connectivity index (χ0) is 14.1. The van der Waals surface area contributed by atoms with Gasteiger partial charge in [-0.1, -0.05) is 18.2 Å². The van der Waals surface area contributed by atoms with Crippen LogP contribution in [0.25, 0.3) is 0 Å². The molecule has 2 N–H and O–H groups in total. The lowest BCUT2D eigenvalue weighted by molar-refractivity contribution is 0.0925. The number of amides is 2. The summed E-state index contributed by atoms with van der Waals surface area (Å²) >= 11 is 0. The molecule has 3 rings (SSSR count). The summed E-state index contributed by atoms with van der Waals surface area (Å²) in [6.45, 7) is 0.471. The third kappa shape index (κ3) is 1.88. The van der Waals surface area contributed by atoms with Gasteiger partial charge in [0, 0.05) is 12.1 Å². The first kappa shape index (κ1) is 12.5. The highest BCUT2D eigenvalue weighted by Gasteiger charge is 2.36. The van der Waals surface area contributed by atoms with Crippen molar-refractivity contribution in [2.75, 3.05) is 11.4 Å². The fourth-order valence-corrected chi connectivity index (χ4v) is 2.28. The number of fused-ring (bicyclic) bond motifs is 1. The van der Waals surface area contributed by atoms with Gasteiger partial charge in [-0.15, -0.1) is 0 Å². The Morgan fingerprint density at radius 1 is 0.950 bits per heavy atom. The molecular formula is C15H13N3O2. The van der Waals surface area contributed by atoms with Crippen LogP contribution in [0.4, 0.5) is 5.82 Å². The van der Waals surface area contributed by atoms with Crippen molar-refractivity contribution < 1.29 is 9.59 Å². The van der Waals surface area contributed by atoms with Crippen molar-refractivity contribution in [3.05, 3.63) is 59.3 Å². The van der Waals surface area contributed by atoms with Gasteiger partial charge >= 0.3 is 0 Å². The van der Waals surface area contributed by atoms with Gasteiger partial charge in [0.05, 0.1) is 11.1 Å². The number of rotatable bonds is 3. The second kappa shape index (κ2) is 4.86. The van der Waals surface area contributed by atoms with E-state index in [0.717, 1.165) is 10.6 Å². The molecule has 0 atom stereocenters. The van der Waals surface area contributed by atoms with Gasteiger partial charge < -0.3 is 5.73 Å². The van der Waals surface area contributed by atoms with Crippen LogP contribution in [-0.2, 0) is 6.42 Å². The van der Waals surface area contributed by atoms with Gasteiger partial charge in [-0.25, -0.2) is 9.88 Å². The Morgan fingerprint density at radius 3 is 2.20 bits per heavy atom. The van der Waals surface area contributed by atoms with Crippen LogP contribution < -0.4 is 10.6 Å². The van der Waals surface area contributed by atoms with Gasteiger partial charge in [-0.05, 0) is 30.8 Å². The van der Waals surface area contributed by atoms with Gasteiger partial charge in [0.15, 0.2) is 0 Å². The second-order valence-electron chi connectivity index (χ2n) is 4.52. The molecule has 20 heavy (non-hydrogen) atoms. The SMILES string of the molecule is NCCc1cccc(N2C(=O)c3ccccc3C2=O)n1. The number of benzene rings is 1. The maximum absolute atomic E-state index is 12.3. The summed E-state index contributed by atoms with van der Waals surface area (Å²) in [7, 11) is 0. The van der Waals surface area contributed by atoms with E-state index in [2.05, 4.69) is 4.98 Å². The van der Waals surface area contributed by atoms with E-state index in [9.17, 15) is 9.59 Å². The molecule has 0 saturated heterocycles. The summed E-state index contributed by atoms with van der Waals surface area (Å²) in [5, 5.41) is 0. The smallest absolute Gasteiger partial charge is 0.267 e. The fourth-order valence-electron chi connectivity index (χ4n) is 2.28. The maximum Gasteiger partial charge on any atom is 0.267 e. The molecule has 0 bridgehead atoms. The Kier molecular flexibility index (Phi) is 3.04. The molecule has 0 unspecified atom stereocenters. The molecule has 2 amide bonds. The Balaban J connectivity index is 2.02. The van der Waals surface area contributed by atoms with Crippen LogP contribution in [0, 0.1) is 0 Å². The van der Waals surface area contributed by atoms with E-state index in [1.807, 2.05) is 6.07 Å². The number of anilines is 1. The Hall–Kier alpha value is -2.53. The molecule has 1 aliphatic rings. The number of nitrogens with two attached hydrogens (primary N) is 1. The molecule has 1 aromatic heterocycles. The fraction of sp³-hybridized carbons (Fsp3) is 0.133. The average molecular weight is 267 g/mol. The number of nitrogens with zero attached hydrogens (tertiary/aromatic N) is 2. The normalized spacial score (nSPS) is 13.8. The lowest BCUT2D eigenvalue weighted by atomic mass is 10.1. The Bertz CT molecular complexity index is 662. The highest BCUT2D eigenvalue weighted by atomic mass is 16.2. The third-order valence-corrected chi connectivity index (χ3v) is 3.22. The van der Waals surface area contributed by atoms with Crippen LogP contribution >= 0.6 is 0 Å². The van der Waals surface area contributed by atoms with Crippen LogP contribution in [0.2, 0.25) is 0 Å². The van der Waals surface area contributed by atoms with Crippen molar-refractivity contribution in [1.82, 2.24) is 4.98 Å². The van der Waals surface area contributed by atoms with Crippen molar-refractivity contribution in [1.29, 1.82) is 0 Å². The van der Waals surface area contributed by atoms with Crippen molar-refractivity contribution in [3.8, 4) is 0 Å². The van der Waals surface area contributed by atoms with E-state index in [1.165, 1.54) is 0 Å². The second-order valence-corrected chi connectivity index (χ2v) is 4.52. The quantitative estimate of drug-likeness (QED) is 0.852. The maximum atomic E-state index is 12.3. The van der Waals surface area contributed by atoms with E-state index in [-0.39, 0.29) is 11.8 Å². The summed E-state index contributed by atoms with van der Waals surface area (Å²) in [5.74, 6) is -0.312. The zero-order valence-corrected chi connectivity index (χ0v) is 10.7. The van der Waals surface area contributed by atoms with Gasteiger partial charge in [-0.2, -0.15) is 0 Å². The molecule has 1 aromatic carbocycles. The van der Waals surface area contributed by atoms with Gasteiger partial charge in [-0.3, -0.25) is 9.59 Å². The van der Waals surface area contributed by atoms with Crippen molar-refractivity contribution in [2.45, 2.75) is 6.42 Å². The highest BCUT2D eigenvalue weighted by molar-refractivity contribution is 6.34. The molecule has 0 saturated carbocycles. The minimum atomic E-state index is -0.331. The van der Waals surface area contributed by atoms with Gasteiger partial charge in [0.1, 0.15) is 5.82 Å². The Morgan fingerprint density at radius 2 is 1.60 bits per heavy atom. The predicted octanol–water partition coefficient (Wildman–Crippen LogP) is 1.38. The van der Waals surface area contributed by atoms with Crippen molar-refractivity contribution in [3.63, 3.8) is 0 Å². The first-order valence-corrected chi connectivity index (χ1v) is 6.36. The van der Waals surface area contributed by atoms with Crippen LogP contribution in [0.1, 0.15) is 26.4 Å². The van der Waals surface area contributed by atoms with Crippen molar-refractivity contribution in [2.24, 2.45) is 5.73 Å². The van der Waals surface area contributed by atoms with Crippen LogP contribution in [-0.4, -0.2) is 23.3 Å². The lowest BCUT2D eigenvalue weighted by Crippen LogP contribution is -2.30. The zero-order valence-electron chi connectivity index (χ0n) is 10.7. The van der Waals surface area contributed by atoms with Gasteiger partial charge in [0.2, 0.25) is 0 Å². The number of hydrogen-bond acceptors (Lipinski definition) is 4. The monoisotopic (exact) mass is 267 g/mol. The summed E-state index contributed by atoms with van der Waals surface area (Å²) in [6, 6.07) is 12.0. The van der Waals surface area contributed by atoms with Crippen molar-refractivity contribution >= 4 is 17.6 Å². The molecule has 0 radical (unpaired) electrons. The van der Waals surface area contributed by atoms with E-state index in [1.54, 1.807) is 36.4 Å². The highest BCUT2D eigenvalue weighted by Crippen LogP contribution is 2.26. The average Bonchev–Trinajstić information content (AvgIpc) is 2.72. The van der Waals surface area contributed by atoms with E-state index in [0.29, 0.717) is 29.9 Å². The summed E-state index contributed by atoms with van der Waals surface area (Å²) < 4.78 is 0. The van der Waals surface area contributed by atoms with Crippen LogP contribution in [0.3, 0.4) is 0 Å². The molecule has 2 heterocycles. The predicted molar refractivity (Wildman–Crippen MR) is 74.6 cm³/mol. The van der Waals surface area contributed by atoms with Gasteiger partial charge in [0.25, 0.3) is 11.8 Å². The molecule has 100 valence electrons. The van der Waals surface area contributed by atoms with E-state index < -0.39 is 0 Å². The molecular weight excluding hydrogens is 254 g/mol. The molecule has 5 heteroatoms. The number of pyridine rings is 1. The van der Waals surface area contributed by atoms with Crippen LogP contribution in [0.5, 0.6) is 0 Å². The third-order valence-electron chi connectivity index (χ3n) is 3.22. The molecule has 0 aliphatic carbocycles. The first-order chi connectivity index (χ1) is 9.72. The standard InChI is InChI=1S/C15H13N3O2/c16-9-8-10-4-3-7-13(17-10)18-14(19)11-5-1-2-6-12(11)15(18)20/h1-7H,8-9,16H2. The lowest BCUT2D eigenvalue weighted by Gasteiger charge is -2.13. The number of carbonyl (C=O) groups is 2. The summed E-state index contributed by atoms with van der Waals surface area (Å²) in [6.07, 6.45) is 0.608. The minimum Gasteiger partial charge on any atom is -0.330 e. The molecule has 0 spiro atoms.